The van der Waals surface area contributed by atoms with Gasteiger partial charge in [0.2, 0.25) is 0 Å². The summed E-state index contributed by atoms with van der Waals surface area (Å²) in [5, 5.41) is 25.4. The van der Waals surface area contributed by atoms with Crippen LogP contribution in [0.2, 0.25) is 0 Å². The summed E-state index contributed by atoms with van der Waals surface area (Å²) in [6, 6.07) is 16.1. The van der Waals surface area contributed by atoms with Crippen LogP contribution in [-0.4, -0.2) is 63.4 Å². The lowest BCUT2D eigenvalue weighted by atomic mass is 9.46. The molecule has 2 aromatic carbocycles. The molecule has 2 aromatic rings. The predicted octanol–water partition coefficient (Wildman–Crippen LogP) is 4.83. The number of ether oxygens (including phenoxy) is 2. The van der Waals surface area contributed by atoms with Crippen molar-refractivity contribution in [1.29, 1.82) is 0 Å². The Bertz CT molecular complexity index is 1650. The number of hydrogen-bond acceptors (Lipinski definition) is 8. The number of phosphoric acid groups is 1. The fourth-order valence-electron chi connectivity index (χ4n) is 9.95. The lowest BCUT2D eigenvalue weighted by Crippen LogP contribution is -2.63. The van der Waals surface area contributed by atoms with Crippen molar-refractivity contribution in [3.8, 4) is 0 Å². The van der Waals surface area contributed by atoms with Gasteiger partial charge in [-0.2, -0.15) is 0 Å². The molecule has 5 N–H and O–H groups in total. The lowest BCUT2D eigenvalue weighted by Gasteiger charge is -2.60. The number of allylic oxidation sites excluding steroid dienone is 2. The van der Waals surface area contributed by atoms with E-state index in [9.17, 15) is 29.4 Å². The molecule has 11 heteroatoms. The van der Waals surface area contributed by atoms with Crippen molar-refractivity contribution in [2.24, 2.45) is 28.6 Å². The molecule has 0 unspecified atom stereocenters. The maximum Gasteiger partial charge on any atom is 0.470 e. The number of Topliss-reactive ketones (excluding diaryl/α,β-unsaturated/α-hetero) is 1. The number of nitrogens with one attached hydrogen (secondary N) is 1. The van der Waals surface area contributed by atoms with Crippen LogP contribution in [0.5, 0.6) is 0 Å². The van der Waals surface area contributed by atoms with Crippen molar-refractivity contribution in [1.82, 2.24) is 0 Å². The van der Waals surface area contributed by atoms with Gasteiger partial charge in [0, 0.05) is 35.0 Å². The third kappa shape index (κ3) is 5.38. The van der Waals surface area contributed by atoms with E-state index < -0.39 is 61.2 Å². The molecule has 10 atom stereocenters. The van der Waals surface area contributed by atoms with Crippen LogP contribution >= 0.6 is 7.82 Å². The van der Waals surface area contributed by atoms with E-state index in [0.717, 1.165) is 47.2 Å². The molecule has 0 spiro atoms. The quantitative estimate of drug-likeness (QED) is 0.196. The number of hydrogen-bond donors (Lipinski definition) is 5. The molecule has 4 fully saturated rings. The second-order valence-electron chi connectivity index (χ2n) is 14.4. The Hall–Kier alpha value is -2.66. The van der Waals surface area contributed by atoms with Gasteiger partial charge in [0.15, 0.2) is 17.7 Å². The van der Waals surface area contributed by atoms with Crippen LogP contribution in [0.4, 0.5) is 5.69 Å². The summed E-state index contributed by atoms with van der Waals surface area (Å²) >= 11 is 0. The van der Waals surface area contributed by atoms with Gasteiger partial charge in [-0.25, -0.2) is 4.57 Å². The lowest BCUT2D eigenvalue weighted by molar-refractivity contribution is -0.201. The highest BCUT2D eigenvalue weighted by molar-refractivity contribution is 7.46. The van der Waals surface area contributed by atoms with Gasteiger partial charge >= 0.3 is 7.82 Å². The predicted molar refractivity (Wildman–Crippen MR) is 174 cm³/mol. The fourth-order valence-corrected chi connectivity index (χ4v) is 10.2. The van der Waals surface area contributed by atoms with E-state index in [1.807, 2.05) is 62.5 Å². The molecule has 0 aromatic heterocycles. The summed E-state index contributed by atoms with van der Waals surface area (Å²) < 4.78 is 29.8. The van der Waals surface area contributed by atoms with Crippen molar-refractivity contribution in [2.45, 2.75) is 76.2 Å². The van der Waals surface area contributed by atoms with Crippen molar-refractivity contribution in [2.75, 3.05) is 19.0 Å². The van der Waals surface area contributed by atoms with E-state index >= 15 is 0 Å². The average molecular weight is 666 g/mol. The van der Waals surface area contributed by atoms with Gasteiger partial charge in [-0.05, 0) is 67.2 Å². The van der Waals surface area contributed by atoms with Crippen LogP contribution in [0.25, 0.3) is 0 Å². The van der Waals surface area contributed by atoms with Crippen LogP contribution in [0.3, 0.4) is 0 Å². The number of carbonyl (C=O) groups is 1. The van der Waals surface area contributed by atoms with Crippen molar-refractivity contribution < 1.29 is 43.4 Å². The molecule has 0 bridgehead atoms. The molecule has 0 amide bonds. The second kappa shape index (κ2) is 11.7. The topological polar surface area (TPSA) is 155 Å². The standard InChI is InChI=1S/C36H44NO9P/c1-34-14-13-26(38)17-24(34)11-12-27-28-18-31-36(30(40)20-44-47(41,42)43,35(28,2)19-29(39)32(27)34)46-33(45-31)23-9-7-21(8-10-23)15-22-5-4-6-25(16-22)37-3/h4-10,13-14,16-17,26-29,31-33,37-39H,11-12,15,18-20H2,1-3H3,(H2,41,42,43)/t26-,27-,28-,29-,31+,32+,33+,34-,35-,36+/m0/s1. The van der Waals surface area contributed by atoms with Gasteiger partial charge in [-0.15, -0.1) is 0 Å². The van der Waals surface area contributed by atoms with Gasteiger partial charge < -0.3 is 34.8 Å². The number of aliphatic hydroxyl groups is 2. The molecule has 4 aliphatic carbocycles. The summed E-state index contributed by atoms with van der Waals surface area (Å²) in [6.07, 6.45) is 5.73. The van der Waals surface area contributed by atoms with E-state index in [2.05, 4.69) is 24.4 Å². The van der Waals surface area contributed by atoms with Crippen molar-refractivity contribution in [3.05, 3.63) is 89.0 Å². The first-order valence-electron chi connectivity index (χ1n) is 16.5. The van der Waals surface area contributed by atoms with E-state index in [1.165, 1.54) is 0 Å². The van der Waals surface area contributed by atoms with Crippen LogP contribution in [0.15, 0.2) is 72.3 Å². The third-order valence-corrected chi connectivity index (χ3v) is 12.5. The Morgan fingerprint density at radius 2 is 1.87 bits per heavy atom. The number of ketones is 1. The van der Waals surface area contributed by atoms with Gasteiger partial charge in [-0.3, -0.25) is 9.32 Å². The molecule has 1 aliphatic heterocycles. The SMILES string of the molecule is CNc1cccc(Cc2ccc([C@@H]3O[C@@H]4C[C@H]5[C@@H]6CCC7=C[C@@H](O)C=C[C@]7(C)[C@H]6[C@@H](O)C[C@]5(C)[C@]4(C(=O)COP(=O)(O)O)O3)cc2)c1. The first kappa shape index (κ1) is 32.9. The number of benzene rings is 2. The van der Waals surface area contributed by atoms with Gasteiger partial charge in [0.1, 0.15) is 6.61 Å². The molecular weight excluding hydrogens is 621 g/mol. The molecule has 47 heavy (non-hydrogen) atoms. The number of aliphatic hydroxyl groups excluding tert-OH is 2. The molecule has 7 rings (SSSR count). The Labute approximate surface area is 275 Å². The highest BCUT2D eigenvalue weighted by atomic mass is 31.2. The van der Waals surface area contributed by atoms with Crippen LogP contribution in [-0.2, 0) is 29.8 Å². The monoisotopic (exact) mass is 665 g/mol. The first-order valence-corrected chi connectivity index (χ1v) is 18.0. The van der Waals surface area contributed by atoms with Crippen LogP contribution < -0.4 is 5.32 Å². The normalized spacial score (nSPS) is 39.0. The highest BCUT2D eigenvalue weighted by Crippen LogP contribution is 2.70. The summed E-state index contributed by atoms with van der Waals surface area (Å²) in [7, 11) is -3.06. The summed E-state index contributed by atoms with van der Waals surface area (Å²) in [5.74, 6) is -0.738. The van der Waals surface area contributed by atoms with Crippen molar-refractivity contribution >= 4 is 19.3 Å². The Kier molecular flexibility index (Phi) is 8.21. The minimum atomic E-state index is -4.94. The van der Waals surface area contributed by atoms with Crippen LogP contribution in [0, 0.1) is 28.6 Å². The molecule has 0 radical (unpaired) electrons. The first-order chi connectivity index (χ1) is 22.3. The Morgan fingerprint density at radius 3 is 2.60 bits per heavy atom. The molecule has 252 valence electrons. The molecule has 3 saturated carbocycles. The largest absolute Gasteiger partial charge is 0.470 e. The van der Waals surface area contributed by atoms with Gasteiger partial charge in [0.05, 0.1) is 18.3 Å². The van der Waals surface area contributed by atoms with E-state index in [1.54, 1.807) is 6.08 Å². The molecule has 1 heterocycles. The second-order valence-corrected chi connectivity index (χ2v) is 15.7. The smallest absolute Gasteiger partial charge is 0.393 e. The van der Waals surface area contributed by atoms with E-state index in [4.69, 9.17) is 14.0 Å². The zero-order valence-electron chi connectivity index (χ0n) is 26.9. The number of phosphoric ester groups is 1. The van der Waals surface area contributed by atoms with Crippen LogP contribution in [0.1, 0.15) is 62.5 Å². The van der Waals surface area contributed by atoms with Crippen molar-refractivity contribution in [3.63, 3.8) is 0 Å². The minimum Gasteiger partial charge on any atom is -0.393 e. The fraction of sp³-hybridized carbons (Fsp3) is 0.528. The molecule has 10 nitrogen and oxygen atoms in total. The highest BCUT2D eigenvalue weighted by Gasteiger charge is 2.76. The molecule has 5 aliphatic rings. The third-order valence-electron chi connectivity index (χ3n) is 12.0. The maximum absolute atomic E-state index is 14.2. The van der Waals surface area contributed by atoms with E-state index in [-0.39, 0.29) is 24.2 Å². The van der Waals surface area contributed by atoms with E-state index in [0.29, 0.717) is 6.42 Å². The maximum atomic E-state index is 14.2. The van der Waals surface area contributed by atoms with Gasteiger partial charge in [-0.1, -0.05) is 74.0 Å². The summed E-state index contributed by atoms with van der Waals surface area (Å²) in [4.78, 5) is 33.2. The minimum absolute atomic E-state index is 0.0371. The number of rotatable bonds is 8. The summed E-state index contributed by atoms with van der Waals surface area (Å²) in [5.41, 5.74) is 2.25. The molecule has 1 saturated heterocycles. The average Bonchev–Trinajstić information content (AvgIpc) is 3.53. The van der Waals surface area contributed by atoms with Gasteiger partial charge in [0.25, 0.3) is 0 Å². The summed E-state index contributed by atoms with van der Waals surface area (Å²) in [6.45, 7) is 3.26. The number of anilines is 1. The Balaban J connectivity index is 1.19. The zero-order valence-corrected chi connectivity index (χ0v) is 27.8. The zero-order chi connectivity index (χ0) is 33.4. The number of fused-ring (bicyclic) bond motifs is 7. The Morgan fingerprint density at radius 1 is 1.11 bits per heavy atom. The molecular formula is C36H44NO9P. The number of carbonyl (C=O) groups excluding carboxylic acids is 1.